The number of hydrogen-bond acceptors (Lipinski definition) is 6. The minimum absolute atomic E-state index is 0.0505. The second-order valence-electron chi connectivity index (χ2n) is 9.47. The second-order valence-corrected chi connectivity index (χ2v) is 9.47. The van der Waals surface area contributed by atoms with Gasteiger partial charge in [0.25, 0.3) is 5.91 Å². The zero-order valence-corrected chi connectivity index (χ0v) is 21.1. The summed E-state index contributed by atoms with van der Waals surface area (Å²) in [7, 11) is 1.45. The van der Waals surface area contributed by atoms with Gasteiger partial charge in [-0.25, -0.2) is 4.39 Å². The number of halogens is 1. The lowest BCUT2D eigenvalue weighted by Gasteiger charge is -2.38. The Morgan fingerprint density at radius 3 is 2.82 bits per heavy atom. The summed E-state index contributed by atoms with van der Waals surface area (Å²) < 4.78 is 19.9. The molecule has 0 radical (unpaired) electrons. The van der Waals surface area contributed by atoms with Crippen LogP contribution in [-0.4, -0.2) is 62.8 Å². The Labute approximate surface area is 218 Å². The number of aryl methyl sites for hydroxylation is 1. The van der Waals surface area contributed by atoms with E-state index >= 15 is 0 Å². The predicted octanol–water partition coefficient (Wildman–Crippen LogP) is 3.93. The number of aliphatic carboxylic acids is 1. The van der Waals surface area contributed by atoms with E-state index in [1.54, 1.807) is 35.4 Å². The van der Waals surface area contributed by atoms with Crippen LogP contribution in [0.5, 0.6) is 5.75 Å². The maximum absolute atomic E-state index is 14.6. The van der Waals surface area contributed by atoms with Gasteiger partial charge in [-0.05, 0) is 62.2 Å². The molecule has 1 aliphatic heterocycles. The Kier molecular flexibility index (Phi) is 7.06. The summed E-state index contributed by atoms with van der Waals surface area (Å²) >= 11 is 0. The monoisotopic (exact) mass is 517 g/mol. The van der Waals surface area contributed by atoms with Gasteiger partial charge in [-0.2, -0.15) is 5.10 Å². The number of benzene rings is 2. The highest BCUT2D eigenvalue weighted by molar-refractivity contribution is 6.01. The summed E-state index contributed by atoms with van der Waals surface area (Å²) in [6.07, 6.45) is 2.53. The zero-order chi connectivity index (χ0) is 26.8. The molecule has 1 fully saturated rings. The van der Waals surface area contributed by atoms with Crippen molar-refractivity contribution in [2.75, 3.05) is 13.7 Å². The Balaban J connectivity index is 1.35. The van der Waals surface area contributed by atoms with Crippen molar-refractivity contribution in [1.29, 1.82) is 0 Å². The highest BCUT2D eigenvalue weighted by Crippen LogP contribution is 2.29. The third-order valence-electron chi connectivity index (χ3n) is 6.96. The van der Waals surface area contributed by atoms with Crippen LogP contribution in [0.1, 0.15) is 34.5 Å². The minimum Gasteiger partial charge on any atom is -0.496 e. The third-order valence-corrected chi connectivity index (χ3v) is 6.96. The van der Waals surface area contributed by atoms with Crippen molar-refractivity contribution >= 4 is 22.8 Å². The molecule has 1 aliphatic rings. The molecule has 1 saturated heterocycles. The number of ether oxygens (including phenoxy) is 1. The molecule has 2 atom stereocenters. The lowest BCUT2D eigenvalue weighted by atomic mass is 9.96. The van der Waals surface area contributed by atoms with Crippen LogP contribution in [0.25, 0.3) is 22.2 Å². The molecule has 9 nitrogen and oxygen atoms in total. The van der Waals surface area contributed by atoms with Crippen LogP contribution in [0.3, 0.4) is 0 Å². The molecular weight excluding hydrogens is 489 g/mol. The molecule has 0 bridgehead atoms. The van der Waals surface area contributed by atoms with Crippen molar-refractivity contribution in [1.82, 2.24) is 25.4 Å². The van der Waals surface area contributed by atoms with Gasteiger partial charge in [0.15, 0.2) is 0 Å². The van der Waals surface area contributed by atoms with E-state index < -0.39 is 17.8 Å². The molecule has 38 heavy (non-hydrogen) atoms. The SMILES string of the molecule is COc1cccc(F)c1CN1C[C@H](NC(=O)c2ccc3[nH]nc(-c4ccnc(C)c4)c3c2)CC[C@H]1C(=O)O. The standard InChI is InChI=1S/C28H28FN5O4/c1-16-12-17(10-11-30-16)26-20-13-18(6-8-23(20)32-33-26)27(35)31-19-7-9-24(28(36)37)34(14-19)15-21-22(29)4-3-5-25(21)38-2/h3-6,8,10-13,19,24H,7,9,14-15H2,1-2H3,(H,31,35)(H,32,33)(H,36,37)/t19-,24+/m1/s1. The summed E-state index contributed by atoms with van der Waals surface area (Å²) in [6, 6.07) is 12.6. The van der Waals surface area contributed by atoms with E-state index in [-0.39, 0.29) is 30.6 Å². The van der Waals surface area contributed by atoms with Gasteiger partial charge in [-0.3, -0.25) is 24.6 Å². The quantitative estimate of drug-likeness (QED) is 0.340. The van der Waals surface area contributed by atoms with Crippen molar-refractivity contribution in [3.05, 3.63) is 77.4 Å². The summed E-state index contributed by atoms with van der Waals surface area (Å²) in [5.41, 5.74) is 4.05. The first-order valence-corrected chi connectivity index (χ1v) is 12.3. The van der Waals surface area contributed by atoms with Gasteiger partial charge in [0, 0.05) is 53.1 Å². The van der Waals surface area contributed by atoms with Crippen LogP contribution in [0.2, 0.25) is 0 Å². The summed E-state index contributed by atoms with van der Waals surface area (Å²) in [6.45, 7) is 2.21. The molecule has 0 spiro atoms. The van der Waals surface area contributed by atoms with Gasteiger partial charge in [-0.1, -0.05) is 6.07 Å². The van der Waals surface area contributed by atoms with Crippen LogP contribution < -0.4 is 10.1 Å². The lowest BCUT2D eigenvalue weighted by Crippen LogP contribution is -2.54. The van der Waals surface area contributed by atoms with Gasteiger partial charge in [0.05, 0.1) is 12.6 Å². The van der Waals surface area contributed by atoms with Gasteiger partial charge < -0.3 is 15.2 Å². The van der Waals surface area contributed by atoms with Crippen LogP contribution in [-0.2, 0) is 11.3 Å². The van der Waals surface area contributed by atoms with Crippen molar-refractivity contribution in [2.45, 2.75) is 38.4 Å². The number of carboxylic acid groups (broad SMARTS) is 1. The fourth-order valence-electron chi connectivity index (χ4n) is 5.04. The number of nitrogens with one attached hydrogen (secondary N) is 2. The summed E-state index contributed by atoms with van der Waals surface area (Å²) in [5, 5.41) is 21.1. The molecule has 10 heteroatoms. The second kappa shape index (κ2) is 10.6. The van der Waals surface area contributed by atoms with Gasteiger partial charge in [0.1, 0.15) is 23.3 Å². The number of methoxy groups -OCH3 is 1. The number of carbonyl (C=O) groups excluding carboxylic acids is 1. The minimum atomic E-state index is -0.977. The molecule has 4 aromatic rings. The number of carboxylic acids is 1. The van der Waals surface area contributed by atoms with Crippen molar-refractivity contribution in [3.8, 4) is 17.0 Å². The number of hydrogen-bond donors (Lipinski definition) is 3. The van der Waals surface area contributed by atoms with Gasteiger partial charge in [0.2, 0.25) is 0 Å². The number of fused-ring (bicyclic) bond motifs is 1. The molecule has 0 aliphatic carbocycles. The number of pyridine rings is 1. The fourth-order valence-corrected chi connectivity index (χ4v) is 5.04. The van der Waals surface area contributed by atoms with E-state index in [0.29, 0.717) is 24.2 Å². The molecular formula is C28H28FN5O4. The molecule has 3 N–H and O–H groups in total. The number of aromatic nitrogens is 3. The van der Waals surface area contributed by atoms with Gasteiger partial charge >= 0.3 is 5.97 Å². The average Bonchev–Trinajstić information content (AvgIpc) is 3.33. The summed E-state index contributed by atoms with van der Waals surface area (Å²) in [4.78, 5) is 31.1. The number of amides is 1. The Hall–Kier alpha value is -4.31. The molecule has 5 rings (SSSR count). The van der Waals surface area contributed by atoms with Crippen molar-refractivity contribution < 1.29 is 23.8 Å². The topological polar surface area (TPSA) is 120 Å². The largest absolute Gasteiger partial charge is 0.496 e. The number of nitrogens with zero attached hydrogens (tertiary/aromatic N) is 3. The van der Waals surface area contributed by atoms with Crippen LogP contribution in [0.4, 0.5) is 4.39 Å². The molecule has 2 aromatic carbocycles. The molecule has 1 amide bonds. The number of H-pyrrole nitrogens is 1. The Bertz CT molecular complexity index is 1500. The fraction of sp³-hybridized carbons (Fsp3) is 0.286. The van der Waals surface area contributed by atoms with E-state index in [9.17, 15) is 19.1 Å². The van der Waals surface area contributed by atoms with Crippen molar-refractivity contribution in [3.63, 3.8) is 0 Å². The predicted molar refractivity (Wildman–Crippen MR) is 139 cm³/mol. The molecule has 0 saturated carbocycles. The van der Waals surface area contributed by atoms with Crippen LogP contribution >= 0.6 is 0 Å². The number of rotatable bonds is 7. The van der Waals surface area contributed by atoms with E-state index in [2.05, 4.69) is 20.5 Å². The Morgan fingerprint density at radius 1 is 1.21 bits per heavy atom. The van der Waals surface area contributed by atoms with E-state index in [4.69, 9.17) is 4.74 Å². The first-order chi connectivity index (χ1) is 18.3. The van der Waals surface area contributed by atoms with Crippen LogP contribution in [0, 0.1) is 12.7 Å². The number of aromatic amines is 1. The smallest absolute Gasteiger partial charge is 0.320 e. The first-order valence-electron chi connectivity index (χ1n) is 12.3. The molecule has 0 unspecified atom stereocenters. The zero-order valence-electron chi connectivity index (χ0n) is 21.1. The van der Waals surface area contributed by atoms with Gasteiger partial charge in [-0.15, -0.1) is 0 Å². The molecule has 196 valence electrons. The maximum atomic E-state index is 14.6. The van der Waals surface area contributed by atoms with Crippen molar-refractivity contribution in [2.24, 2.45) is 0 Å². The average molecular weight is 518 g/mol. The summed E-state index contributed by atoms with van der Waals surface area (Å²) in [5.74, 6) is -1.36. The molecule has 3 heterocycles. The van der Waals surface area contributed by atoms with Crippen LogP contribution in [0.15, 0.2) is 54.7 Å². The van der Waals surface area contributed by atoms with E-state index in [0.717, 1.165) is 27.9 Å². The van der Waals surface area contributed by atoms with E-state index in [1.807, 2.05) is 25.1 Å². The lowest BCUT2D eigenvalue weighted by molar-refractivity contribution is -0.145. The normalized spacial score (nSPS) is 17.9. The van der Waals surface area contributed by atoms with E-state index in [1.165, 1.54) is 13.2 Å². The molecule has 2 aromatic heterocycles. The number of carbonyl (C=O) groups is 2. The first kappa shape index (κ1) is 25.3. The number of likely N-dealkylation sites (tertiary alicyclic amines) is 1. The third kappa shape index (κ3) is 5.08. The number of piperidine rings is 1. The maximum Gasteiger partial charge on any atom is 0.320 e. The highest BCUT2D eigenvalue weighted by Gasteiger charge is 2.34. The Morgan fingerprint density at radius 2 is 2.05 bits per heavy atom. The highest BCUT2D eigenvalue weighted by atomic mass is 19.1.